The van der Waals surface area contributed by atoms with Gasteiger partial charge in [-0.25, -0.2) is 4.68 Å². The first kappa shape index (κ1) is 14.1. The predicted octanol–water partition coefficient (Wildman–Crippen LogP) is 2.57. The first-order valence-electron chi connectivity index (χ1n) is 6.85. The number of nitriles is 1. The highest BCUT2D eigenvalue weighted by Crippen LogP contribution is 2.10. The monoisotopic (exact) mass is 270 g/mol. The summed E-state index contributed by atoms with van der Waals surface area (Å²) in [6, 6.07) is 11.9. The van der Waals surface area contributed by atoms with Gasteiger partial charge in [0.2, 0.25) is 0 Å². The molecule has 0 unspecified atom stereocenters. The molecule has 0 fully saturated rings. The van der Waals surface area contributed by atoms with Crippen LogP contribution in [0.15, 0.2) is 30.3 Å². The number of hydrogen-bond donors (Lipinski definition) is 0. The van der Waals surface area contributed by atoms with Crippen molar-refractivity contribution in [3.8, 4) is 11.8 Å². The minimum absolute atomic E-state index is 0.438. The lowest BCUT2D eigenvalue weighted by Crippen LogP contribution is -2.07. The van der Waals surface area contributed by atoms with Crippen molar-refractivity contribution in [2.24, 2.45) is 0 Å². The summed E-state index contributed by atoms with van der Waals surface area (Å²) in [7, 11) is 0. The Morgan fingerprint density at radius 1 is 1.25 bits per heavy atom. The van der Waals surface area contributed by atoms with Crippen molar-refractivity contribution >= 4 is 0 Å². The van der Waals surface area contributed by atoms with Crippen LogP contribution < -0.4 is 4.74 Å². The van der Waals surface area contributed by atoms with Crippen LogP contribution in [-0.4, -0.2) is 21.6 Å². The third-order valence-corrected chi connectivity index (χ3v) is 3.05. The molecule has 0 saturated carbocycles. The van der Waals surface area contributed by atoms with E-state index >= 15 is 0 Å². The Labute approximate surface area is 118 Å². The van der Waals surface area contributed by atoms with Crippen LogP contribution in [0.1, 0.15) is 31.2 Å². The summed E-state index contributed by atoms with van der Waals surface area (Å²) in [5.74, 6) is 0.897. The molecule has 0 radical (unpaired) electrons. The van der Waals surface area contributed by atoms with E-state index in [1.807, 2.05) is 41.9 Å². The number of rotatable bonds is 7. The van der Waals surface area contributed by atoms with Crippen molar-refractivity contribution in [1.82, 2.24) is 15.0 Å². The standard InChI is InChI=1S/C15H18N4O/c1-2-15-14(12-16)17-18-19(15)10-6-7-11-20-13-8-4-3-5-9-13/h3-5,8-9H,2,6-7,10-11H2,1H3. The van der Waals surface area contributed by atoms with Crippen LogP contribution in [-0.2, 0) is 13.0 Å². The molecule has 0 aliphatic heterocycles. The maximum atomic E-state index is 8.91. The highest BCUT2D eigenvalue weighted by Gasteiger charge is 2.09. The van der Waals surface area contributed by atoms with E-state index in [1.165, 1.54) is 0 Å². The molecule has 104 valence electrons. The fourth-order valence-electron chi connectivity index (χ4n) is 2.02. The van der Waals surface area contributed by atoms with Crippen molar-refractivity contribution in [2.75, 3.05) is 6.61 Å². The largest absolute Gasteiger partial charge is 0.494 e. The first-order valence-corrected chi connectivity index (χ1v) is 6.85. The van der Waals surface area contributed by atoms with Crippen LogP contribution in [0.4, 0.5) is 0 Å². The van der Waals surface area contributed by atoms with Gasteiger partial charge < -0.3 is 4.74 Å². The Bertz CT molecular complexity index is 571. The molecule has 0 saturated heterocycles. The van der Waals surface area contributed by atoms with E-state index in [0.717, 1.165) is 37.3 Å². The summed E-state index contributed by atoms with van der Waals surface area (Å²) in [5.41, 5.74) is 1.35. The van der Waals surface area contributed by atoms with E-state index in [9.17, 15) is 0 Å². The van der Waals surface area contributed by atoms with Gasteiger partial charge in [-0.1, -0.05) is 30.3 Å². The second-order valence-electron chi connectivity index (χ2n) is 4.44. The SMILES string of the molecule is CCc1c(C#N)nnn1CCCCOc1ccccc1. The number of benzene rings is 1. The molecule has 5 nitrogen and oxygen atoms in total. The van der Waals surface area contributed by atoms with Crippen molar-refractivity contribution in [2.45, 2.75) is 32.7 Å². The summed E-state index contributed by atoms with van der Waals surface area (Å²) in [6.07, 6.45) is 2.67. The molecule has 1 aromatic carbocycles. The molecule has 0 amide bonds. The van der Waals surface area contributed by atoms with Crippen LogP contribution >= 0.6 is 0 Å². The molecule has 0 atom stereocenters. The molecular formula is C15H18N4O. The zero-order valence-electron chi connectivity index (χ0n) is 11.6. The van der Waals surface area contributed by atoms with Gasteiger partial charge >= 0.3 is 0 Å². The Morgan fingerprint density at radius 3 is 2.75 bits per heavy atom. The molecule has 0 aliphatic rings. The Morgan fingerprint density at radius 2 is 2.05 bits per heavy atom. The van der Waals surface area contributed by atoms with Gasteiger partial charge in [-0.3, -0.25) is 0 Å². The molecule has 0 N–H and O–H groups in total. The number of aromatic nitrogens is 3. The summed E-state index contributed by atoms with van der Waals surface area (Å²) in [5, 5.41) is 16.8. The molecule has 0 bridgehead atoms. The van der Waals surface area contributed by atoms with Crippen molar-refractivity contribution in [1.29, 1.82) is 5.26 Å². The molecule has 1 heterocycles. The number of unbranched alkanes of at least 4 members (excludes halogenated alkanes) is 1. The average molecular weight is 270 g/mol. The Balaban J connectivity index is 1.74. The molecule has 1 aromatic heterocycles. The summed E-state index contributed by atoms with van der Waals surface area (Å²) >= 11 is 0. The first-order chi connectivity index (χ1) is 9.85. The number of hydrogen-bond acceptors (Lipinski definition) is 4. The minimum Gasteiger partial charge on any atom is -0.494 e. The van der Waals surface area contributed by atoms with Gasteiger partial charge in [-0.15, -0.1) is 5.10 Å². The summed E-state index contributed by atoms with van der Waals surface area (Å²) < 4.78 is 7.45. The smallest absolute Gasteiger partial charge is 0.185 e. The molecular weight excluding hydrogens is 252 g/mol. The lowest BCUT2D eigenvalue weighted by molar-refractivity contribution is 0.301. The number of aryl methyl sites for hydroxylation is 1. The molecule has 0 spiro atoms. The molecule has 0 aliphatic carbocycles. The van der Waals surface area contributed by atoms with Gasteiger partial charge in [0.15, 0.2) is 5.69 Å². The van der Waals surface area contributed by atoms with Crippen LogP contribution in [0.5, 0.6) is 5.75 Å². The maximum Gasteiger partial charge on any atom is 0.185 e. The summed E-state index contributed by atoms with van der Waals surface area (Å²) in [6.45, 7) is 3.47. The zero-order valence-corrected chi connectivity index (χ0v) is 11.6. The van der Waals surface area contributed by atoms with E-state index in [0.29, 0.717) is 12.3 Å². The molecule has 20 heavy (non-hydrogen) atoms. The van der Waals surface area contributed by atoms with Crippen LogP contribution in [0.3, 0.4) is 0 Å². The van der Waals surface area contributed by atoms with E-state index in [2.05, 4.69) is 16.4 Å². The average Bonchev–Trinajstić information content (AvgIpc) is 2.90. The normalized spacial score (nSPS) is 10.2. The zero-order chi connectivity index (χ0) is 14.2. The number of ether oxygens (including phenoxy) is 1. The topological polar surface area (TPSA) is 63.7 Å². The second kappa shape index (κ2) is 7.29. The highest BCUT2D eigenvalue weighted by atomic mass is 16.5. The van der Waals surface area contributed by atoms with Gasteiger partial charge in [0.25, 0.3) is 0 Å². The minimum atomic E-state index is 0.438. The fourth-order valence-corrected chi connectivity index (χ4v) is 2.02. The third kappa shape index (κ3) is 3.58. The van der Waals surface area contributed by atoms with Gasteiger partial charge in [-0.05, 0) is 31.4 Å². The van der Waals surface area contributed by atoms with Crippen LogP contribution in [0.2, 0.25) is 0 Å². The van der Waals surface area contributed by atoms with Crippen LogP contribution in [0, 0.1) is 11.3 Å². The van der Waals surface area contributed by atoms with Crippen molar-refractivity contribution in [3.63, 3.8) is 0 Å². The molecule has 2 aromatic rings. The van der Waals surface area contributed by atoms with E-state index in [4.69, 9.17) is 10.00 Å². The molecule has 5 heteroatoms. The van der Waals surface area contributed by atoms with Crippen molar-refractivity contribution in [3.05, 3.63) is 41.7 Å². The van der Waals surface area contributed by atoms with Gasteiger partial charge in [0.05, 0.1) is 12.3 Å². The van der Waals surface area contributed by atoms with E-state index in [1.54, 1.807) is 0 Å². The van der Waals surface area contributed by atoms with Gasteiger partial charge in [0, 0.05) is 6.54 Å². The molecule has 2 rings (SSSR count). The number of para-hydroxylation sites is 1. The third-order valence-electron chi connectivity index (χ3n) is 3.05. The maximum absolute atomic E-state index is 8.91. The Hall–Kier alpha value is -2.35. The summed E-state index contributed by atoms with van der Waals surface area (Å²) in [4.78, 5) is 0. The number of nitrogens with zero attached hydrogens (tertiary/aromatic N) is 4. The fraction of sp³-hybridized carbons (Fsp3) is 0.400. The van der Waals surface area contributed by atoms with Crippen molar-refractivity contribution < 1.29 is 4.74 Å². The van der Waals surface area contributed by atoms with Crippen LogP contribution in [0.25, 0.3) is 0 Å². The second-order valence-corrected chi connectivity index (χ2v) is 4.44. The quantitative estimate of drug-likeness (QED) is 0.725. The van der Waals surface area contributed by atoms with Gasteiger partial charge in [0.1, 0.15) is 11.8 Å². The lowest BCUT2D eigenvalue weighted by atomic mass is 10.2. The van der Waals surface area contributed by atoms with E-state index in [-0.39, 0.29) is 0 Å². The van der Waals surface area contributed by atoms with Gasteiger partial charge in [-0.2, -0.15) is 5.26 Å². The Kier molecular flexibility index (Phi) is 5.13. The highest BCUT2D eigenvalue weighted by molar-refractivity contribution is 5.24. The predicted molar refractivity (Wildman–Crippen MR) is 75.3 cm³/mol. The van der Waals surface area contributed by atoms with E-state index < -0.39 is 0 Å². The lowest BCUT2D eigenvalue weighted by Gasteiger charge is -2.07.